The van der Waals surface area contributed by atoms with Crippen molar-refractivity contribution in [3.63, 3.8) is 0 Å². The van der Waals surface area contributed by atoms with Crippen LogP contribution in [0.15, 0.2) is 0 Å². The predicted molar refractivity (Wildman–Crippen MR) is 54.1 cm³/mol. The van der Waals surface area contributed by atoms with Crippen molar-refractivity contribution in [1.82, 2.24) is 0 Å². The monoisotopic (exact) mass is 183 g/mol. The summed E-state index contributed by atoms with van der Waals surface area (Å²) in [5.41, 5.74) is 0.413. The molecule has 0 aromatic carbocycles. The highest BCUT2D eigenvalue weighted by atomic mass is 32.2. The van der Waals surface area contributed by atoms with Crippen LogP contribution in [0.25, 0.3) is 0 Å². The summed E-state index contributed by atoms with van der Waals surface area (Å²) >= 11 is 1.85. The molecule has 0 saturated heterocycles. The van der Waals surface area contributed by atoms with Crippen molar-refractivity contribution in [1.29, 1.82) is 5.26 Å². The first-order valence-corrected chi connectivity index (χ1v) is 5.57. The quantitative estimate of drug-likeness (QED) is 0.671. The molecule has 2 heteroatoms. The van der Waals surface area contributed by atoms with Gasteiger partial charge in [0.2, 0.25) is 0 Å². The summed E-state index contributed by atoms with van der Waals surface area (Å²) in [5, 5.41) is 9.02. The molecule has 0 atom stereocenters. The third-order valence-corrected chi connectivity index (χ3v) is 3.86. The zero-order valence-electron chi connectivity index (χ0n) is 8.18. The van der Waals surface area contributed by atoms with E-state index < -0.39 is 0 Å². The number of hydrogen-bond donors (Lipinski definition) is 0. The Labute approximate surface area is 79.5 Å². The molecule has 0 aromatic heterocycles. The van der Waals surface area contributed by atoms with E-state index in [4.69, 9.17) is 5.26 Å². The van der Waals surface area contributed by atoms with Gasteiger partial charge in [-0.1, -0.05) is 20.8 Å². The summed E-state index contributed by atoms with van der Waals surface area (Å²) in [6.07, 6.45) is 3.32. The van der Waals surface area contributed by atoms with Crippen LogP contribution in [0.4, 0.5) is 0 Å². The number of nitrogens with zero attached hydrogens (tertiary/aromatic N) is 1. The lowest BCUT2D eigenvalue weighted by Crippen LogP contribution is -2.45. The van der Waals surface area contributed by atoms with Crippen molar-refractivity contribution in [2.45, 2.75) is 44.8 Å². The third-order valence-electron chi connectivity index (χ3n) is 2.31. The topological polar surface area (TPSA) is 23.8 Å². The van der Waals surface area contributed by atoms with E-state index in [-0.39, 0.29) is 4.75 Å². The van der Waals surface area contributed by atoms with E-state index in [1.807, 2.05) is 11.8 Å². The van der Waals surface area contributed by atoms with Crippen LogP contribution in [0.1, 0.15) is 40.0 Å². The molecule has 0 aromatic rings. The zero-order valence-corrected chi connectivity index (χ0v) is 9.00. The molecule has 0 unspecified atom stereocenters. The summed E-state index contributed by atoms with van der Waals surface area (Å²) in [6, 6.07) is 2.47. The highest BCUT2D eigenvalue weighted by Gasteiger charge is 2.49. The van der Waals surface area contributed by atoms with Crippen molar-refractivity contribution >= 4 is 11.8 Å². The standard InChI is InChI=1S/C10H17NS/c1-4-5-12-10(8-11)6-9(2,3)7-10/h4-7H2,1-3H3. The van der Waals surface area contributed by atoms with E-state index in [1.165, 1.54) is 6.42 Å². The van der Waals surface area contributed by atoms with E-state index in [2.05, 4.69) is 26.8 Å². The van der Waals surface area contributed by atoms with Crippen molar-refractivity contribution in [2.24, 2.45) is 5.41 Å². The molecule has 68 valence electrons. The van der Waals surface area contributed by atoms with Gasteiger partial charge in [-0.2, -0.15) is 5.26 Å². The van der Waals surface area contributed by atoms with Crippen molar-refractivity contribution in [3.8, 4) is 6.07 Å². The van der Waals surface area contributed by atoms with Gasteiger partial charge in [-0.15, -0.1) is 11.8 Å². The van der Waals surface area contributed by atoms with Gasteiger partial charge in [-0.05, 0) is 30.4 Å². The van der Waals surface area contributed by atoms with Crippen LogP contribution in [0, 0.1) is 16.7 Å². The molecule has 0 aliphatic heterocycles. The highest BCUT2D eigenvalue weighted by molar-refractivity contribution is 8.00. The molecule has 1 aliphatic carbocycles. The maximum atomic E-state index is 9.02. The van der Waals surface area contributed by atoms with Gasteiger partial charge in [0.05, 0.1) is 6.07 Å². The number of thioether (sulfide) groups is 1. The minimum atomic E-state index is -0.0283. The Morgan fingerprint density at radius 3 is 2.33 bits per heavy atom. The summed E-state index contributed by atoms with van der Waals surface area (Å²) in [4.78, 5) is 0. The normalized spacial score (nSPS) is 24.2. The Bertz CT molecular complexity index is 194. The molecule has 0 N–H and O–H groups in total. The van der Waals surface area contributed by atoms with Gasteiger partial charge in [0, 0.05) is 0 Å². The lowest BCUT2D eigenvalue weighted by Gasteiger charge is -2.48. The lowest BCUT2D eigenvalue weighted by molar-refractivity contribution is 0.162. The second kappa shape index (κ2) is 3.30. The Balaban J connectivity index is 2.43. The SMILES string of the molecule is CCCSC1(C#N)CC(C)(C)C1. The fourth-order valence-corrected chi connectivity index (χ4v) is 3.65. The molecule has 1 fully saturated rings. The number of rotatable bonds is 3. The van der Waals surface area contributed by atoms with Crippen LogP contribution in [0.2, 0.25) is 0 Å². The lowest BCUT2D eigenvalue weighted by atomic mass is 9.64. The summed E-state index contributed by atoms with van der Waals surface area (Å²) in [6.45, 7) is 6.66. The molecule has 0 heterocycles. The fourth-order valence-electron chi connectivity index (χ4n) is 2.01. The van der Waals surface area contributed by atoms with E-state index in [0.717, 1.165) is 18.6 Å². The van der Waals surface area contributed by atoms with E-state index in [9.17, 15) is 0 Å². The number of nitriles is 1. The van der Waals surface area contributed by atoms with E-state index in [1.54, 1.807) is 0 Å². The van der Waals surface area contributed by atoms with Crippen LogP contribution in [0.5, 0.6) is 0 Å². The average molecular weight is 183 g/mol. The fraction of sp³-hybridized carbons (Fsp3) is 0.900. The Morgan fingerprint density at radius 2 is 2.00 bits per heavy atom. The number of hydrogen-bond acceptors (Lipinski definition) is 2. The van der Waals surface area contributed by atoms with Gasteiger partial charge in [-0.3, -0.25) is 0 Å². The molecule has 1 saturated carbocycles. The molecule has 0 radical (unpaired) electrons. The first kappa shape index (κ1) is 9.92. The third kappa shape index (κ3) is 1.95. The van der Waals surface area contributed by atoms with Gasteiger partial charge in [0.25, 0.3) is 0 Å². The Morgan fingerprint density at radius 1 is 1.42 bits per heavy atom. The van der Waals surface area contributed by atoms with Gasteiger partial charge in [-0.25, -0.2) is 0 Å². The Kier molecular flexibility index (Phi) is 2.73. The van der Waals surface area contributed by atoms with Crippen LogP contribution in [0.3, 0.4) is 0 Å². The maximum absolute atomic E-state index is 9.02. The summed E-state index contributed by atoms with van der Waals surface area (Å²) in [7, 11) is 0. The summed E-state index contributed by atoms with van der Waals surface area (Å²) < 4.78 is -0.0283. The predicted octanol–water partition coefficient (Wildman–Crippen LogP) is 3.21. The Hall–Kier alpha value is -0.160. The minimum absolute atomic E-state index is 0.0283. The molecular weight excluding hydrogens is 166 g/mol. The zero-order chi connectivity index (χ0) is 9.24. The molecule has 1 nitrogen and oxygen atoms in total. The average Bonchev–Trinajstić information content (AvgIpc) is 1.96. The highest BCUT2D eigenvalue weighted by Crippen LogP contribution is 2.54. The first-order valence-electron chi connectivity index (χ1n) is 4.59. The van der Waals surface area contributed by atoms with E-state index >= 15 is 0 Å². The first-order chi connectivity index (χ1) is 5.54. The molecule has 12 heavy (non-hydrogen) atoms. The second-order valence-corrected chi connectivity index (χ2v) is 5.95. The molecule has 0 bridgehead atoms. The summed E-state index contributed by atoms with van der Waals surface area (Å²) in [5.74, 6) is 1.13. The second-order valence-electron chi connectivity index (χ2n) is 4.47. The van der Waals surface area contributed by atoms with Crippen molar-refractivity contribution in [3.05, 3.63) is 0 Å². The minimum Gasteiger partial charge on any atom is -0.197 e. The van der Waals surface area contributed by atoms with Crippen molar-refractivity contribution < 1.29 is 0 Å². The maximum Gasteiger partial charge on any atom is 0.103 e. The van der Waals surface area contributed by atoms with Crippen LogP contribution in [-0.2, 0) is 0 Å². The van der Waals surface area contributed by atoms with Crippen LogP contribution < -0.4 is 0 Å². The smallest absolute Gasteiger partial charge is 0.103 e. The van der Waals surface area contributed by atoms with Crippen molar-refractivity contribution in [2.75, 3.05) is 5.75 Å². The molecule has 0 spiro atoms. The van der Waals surface area contributed by atoms with Gasteiger partial charge in [0.1, 0.15) is 4.75 Å². The van der Waals surface area contributed by atoms with E-state index in [0.29, 0.717) is 5.41 Å². The molecule has 0 amide bonds. The van der Waals surface area contributed by atoms with Crippen LogP contribution >= 0.6 is 11.8 Å². The molecular formula is C10H17NS. The van der Waals surface area contributed by atoms with Gasteiger partial charge < -0.3 is 0 Å². The van der Waals surface area contributed by atoms with Gasteiger partial charge >= 0.3 is 0 Å². The largest absolute Gasteiger partial charge is 0.197 e. The molecule has 1 aliphatic rings. The van der Waals surface area contributed by atoms with Crippen LogP contribution in [-0.4, -0.2) is 10.5 Å². The van der Waals surface area contributed by atoms with Gasteiger partial charge in [0.15, 0.2) is 0 Å². The molecule has 1 rings (SSSR count).